The molecule has 0 aliphatic heterocycles. The van der Waals surface area contributed by atoms with Crippen molar-refractivity contribution >= 4 is 17.8 Å². The predicted octanol–water partition coefficient (Wildman–Crippen LogP) is -0.0120. The lowest BCUT2D eigenvalue weighted by molar-refractivity contribution is -0.153. The van der Waals surface area contributed by atoms with Gasteiger partial charge in [0, 0.05) is 5.92 Å². The number of aliphatic carboxylic acids is 2. The molecule has 2 saturated carbocycles. The summed E-state index contributed by atoms with van der Waals surface area (Å²) in [6.07, 6.45) is -1.38. The second kappa shape index (κ2) is 5.49. The van der Waals surface area contributed by atoms with E-state index >= 15 is 0 Å². The molecule has 124 valence electrons. The molecule has 7 nitrogen and oxygen atoms in total. The Kier molecular flexibility index (Phi) is 4.16. The van der Waals surface area contributed by atoms with Gasteiger partial charge in [-0.1, -0.05) is 20.3 Å². The molecule has 0 unspecified atom stereocenters. The Morgan fingerprint density at radius 2 is 2.00 bits per heavy atom. The van der Waals surface area contributed by atoms with Crippen LogP contribution in [0.3, 0.4) is 0 Å². The molecule has 0 aromatic rings. The number of alkyl halides is 1. The summed E-state index contributed by atoms with van der Waals surface area (Å²) < 4.78 is 14.3. The molecule has 1 amide bonds. The average Bonchev–Trinajstić information content (AvgIpc) is 3.09. The number of carboxylic acids is 2. The summed E-state index contributed by atoms with van der Waals surface area (Å²) in [6, 6.07) is -0.963. The van der Waals surface area contributed by atoms with Gasteiger partial charge in [-0.2, -0.15) is 0 Å². The number of nitrogens with two attached hydrogens (primary N) is 1. The first-order valence-electron chi connectivity index (χ1n) is 7.36. The molecule has 2 rings (SSSR count). The Hall–Kier alpha value is -1.70. The molecular weight excluding hydrogens is 295 g/mol. The second-order valence-electron chi connectivity index (χ2n) is 6.33. The predicted molar refractivity (Wildman–Crippen MR) is 73.6 cm³/mol. The van der Waals surface area contributed by atoms with Gasteiger partial charge in [0.1, 0.15) is 6.17 Å². The van der Waals surface area contributed by atoms with Crippen LogP contribution in [0.1, 0.15) is 26.7 Å². The monoisotopic (exact) mass is 316 g/mol. The molecule has 0 saturated heterocycles. The highest BCUT2D eigenvalue weighted by molar-refractivity contribution is 5.93. The van der Waals surface area contributed by atoms with E-state index in [1.54, 1.807) is 6.92 Å². The molecule has 2 aliphatic rings. The zero-order valence-corrected chi connectivity index (χ0v) is 12.5. The maximum absolute atomic E-state index is 14.3. The van der Waals surface area contributed by atoms with Gasteiger partial charge in [0.05, 0.1) is 12.0 Å². The normalized spacial score (nSPS) is 38.7. The van der Waals surface area contributed by atoms with E-state index in [-0.39, 0.29) is 12.3 Å². The van der Waals surface area contributed by atoms with Crippen molar-refractivity contribution in [2.24, 2.45) is 29.4 Å². The fourth-order valence-electron chi connectivity index (χ4n) is 3.55. The lowest BCUT2D eigenvalue weighted by Gasteiger charge is -2.33. The molecule has 22 heavy (non-hydrogen) atoms. The minimum absolute atomic E-state index is 0.174. The van der Waals surface area contributed by atoms with Gasteiger partial charge in [0.25, 0.3) is 0 Å². The summed E-state index contributed by atoms with van der Waals surface area (Å²) in [5.41, 5.74) is 3.58. The van der Waals surface area contributed by atoms with Crippen LogP contribution in [0.25, 0.3) is 0 Å². The third-order valence-electron chi connectivity index (χ3n) is 5.20. The Balaban J connectivity index is 2.25. The lowest BCUT2D eigenvalue weighted by atomic mass is 9.87. The van der Waals surface area contributed by atoms with Crippen LogP contribution in [0.15, 0.2) is 0 Å². The summed E-state index contributed by atoms with van der Waals surface area (Å²) in [5.74, 6) is -6.06. The van der Waals surface area contributed by atoms with E-state index in [0.29, 0.717) is 6.42 Å². The van der Waals surface area contributed by atoms with Crippen molar-refractivity contribution in [3.05, 3.63) is 0 Å². The van der Waals surface area contributed by atoms with Crippen LogP contribution < -0.4 is 11.1 Å². The van der Waals surface area contributed by atoms with Gasteiger partial charge in [-0.3, -0.25) is 9.59 Å². The number of hydrogen-bond donors (Lipinski definition) is 4. The number of amides is 1. The zero-order valence-electron chi connectivity index (χ0n) is 12.5. The average molecular weight is 316 g/mol. The third-order valence-corrected chi connectivity index (χ3v) is 5.20. The van der Waals surface area contributed by atoms with Crippen LogP contribution in [0, 0.1) is 23.7 Å². The highest BCUT2D eigenvalue weighted by Gasteiger charge is 2.76. The molecule has 0 bridgehead atoms. The Bertz CT molecular complexity index is 513. The van der Waals surface area contributed by atoms with Crippen molar-refractivity contribution in [3.63, 3.8) is 0 Å². The van der Waals surface area contributed by atoms with Crippen molar-refractivity contribution in [2.45, 2.75) is 44.4 Å². The largest absolute Gasteiger partial charge is 0.481 e. The van der Waals surface area contributed by atoms with E-state index in [1.807, 2.05) is 6.92 Å². The molecule has 0 aromatic carbocycles. The molecule has 0 radical (unpaired) electrons. The van der Waals surface area contributed by atoms with Crippen molar-refractivity contribution in [3.8, 4) is 0 Å². The quantitative estimate of drug-likeness (QED) is 0.545. The van der Waals surface area contributed by atoms with E-state index in [2.05, 4.69) is 5.32 Å². The van der Waals surface area contributed by atoms with E-state index in [9.17, 15) is 23.9 Å². The van der Waals surface area contributed by atoms with Gasteiger partial charge in [0.15, 0.2) is 5.54 Å². The number of hydrogen-bond acceptors (Lipinski definition) is 4. The number of carbonyl (C=O) groups excluding carboxylic acids is 1. The third kappa shape index (κ3) is 2.25. The second-order valence-corrected chi connectivity index (χ2v) is 6.33. The van der Waals surface area contributed by atoms with Crippen LogP contribution in [0.5, 0.6) is 0 Å². The van der Waals surface area contributed by atoms with Crippen LogP contribution >= 0.6 is 0 Å². The number of rotatable bonds is 6. The van der Waals surface area contributed by atoms with Crippen molar-refractivity contribution < 1.29 is 29.0 Å². The first-order valence-corrected chi connectivity index (χ1v) is 7.36. The number of fused-ring (bicyclic) bond motifs is 1. The maximum Gasteiger partial charge on any atom is 0.332 e. The molecule has 2 aliphatic carbocycles. The van der Waals surface area contributed by atoms with Gasteiger partial charge in [-0.15, -0.1) is 0 Å². The van der Waals surface area contributed by atoms with Gasteiger partial charge in [-0.05, 0) is 18.3 Å². The number of halogens is 1. The van der Waals surface area contributed by atoms with Crippen LogP contribution in [0.4, 0.5) is 4.39 Å². The Morgan fingerprint density at radius 1 is 1.41 bits per heavy atom. The fourth-order valence-corrected chi connectivity index (χ4v) is 3.55. The minimum Gasteiger partial charge on any atom is -0.481 e. The molecule has 8 heteroatoms. The molecule has 5 N–H and O–H groups in total. The SMILES string of the molecule is CC[C@H](C)[C@H](N)C(=O)N[C@]1(C(=O)O)[C@H]2[C@@H](C[C@@H]1F)[C@@H]2C(=O)O. The van der Waals surface area contributed by atoms with Crippen LogP contribution in [0.2, 0.25) is 0 Å². The zero-order chi connectivity index (χ0) is 16.8. The molecule has 2 fully saturated rings. The first kappa shape index (κ1) is 16.7. The molecule has 7 atom stereocenters. The minimum atomic E-state index is -2.18. The molecule has 0 spiro atoms. The van der Waals surface area contributed by atoms with Crippen molar-refractivity contribution in [1.29, 1.82) is 0 Å². The molecule has 0 heterocycles. The summed E-state index contributed by atoms with van der Waals surface area (Å²) in [6.45, 7) is 3.56. The maximum atomic E-state index is 14.3. The van der Waals surface area contributed by atoms with Crippen LogP contribution in [-0.4, -0.2) is 45.8 Å². The van der Waals surface area contributed by atoms with E-state index in [4.69, 9.17) is 10.8 Å². The van der Waals surface area contributed by atoms with Crippen LogP contribution in [-0.2, 0) is 14.4 Å². The van der Waals surface area contributed by atoms with Crippen molar-refractivity contribution in [2.75, 3.05) is 0 Å². The first-order chi connectivity index (χ1) is 10.2. The standard InChI is InChI=1S/C14H21FN2O5/c1-3-5(2)10(16)11(18)17-14(13(21)22)7(15)4-6-8(9(6)14)12(19)20/h5-10H,3-4,16H2,1-2H3,(H,17,18)(H,19,20)(H,21,22)/t5-,6-,7-,8-,9-,10-,14-/m0/s1. The topological polar surface area (TPSA) is 130 Å². The summed E-state index contributed by atoms with van der Waals surface area (Å²) in [7, 11) is 0. The number of nitrogens with one attached hydrogen (secondary N) is 1. The van der Waals surface area contributed by atoms with Gasteiger partial charge in [-0.25, -0.2) is 9.18 Å². The summed E-state index contributed by atoms with van der Waals surface area (Å²) in [4.78, 5) is 34.9. The van der Waals surface area contributed by atoms with Crippen molar-refractivity contribution in [1.82, 2.24) is 5.32 Å². The van der Waals surface area contributed by atoms with E-state index in [0.717, 1.165) is 0 Å². The highest BCUT2D eigenvalue weighted by atomic mass is 19.1. The number of carbonyl (C=O) groups is 3. The number of carboxylic acid groups (broad SMARTS) is 2. The Labute approximate surface area is 127 Å². The van der Waals surface area contributed by atoms with Gasteiger partial charge in [0.2, 0.25) is 5.91 Å². The van der Waals surface area contributed by atoms with Gasteiger partial charge < -0.3 is 21.3 Å². The van der Waals surface area contributed by atoms with E-state index < -0.39 is 53.4 Å². The highest BCUT2D eigenvalue weighted by Crippen LogP contribution is 2.63. The molecular formula is C14H21FN2O5. The smallest absolute Gasteiger partial charge is 0.332 e. The summed E-state index contributed by atoms with van der Waals surface area (Å²) >= 11 is 0. The fraction of sp³-hybridized carbons (Fsp3) is 0.786. The molecule has 0 aromatic heterocycles. The van der Waals surface area contributed by atoms with Gasteiger partial charge >= 0.3 is 11.9 Å². The van der Waals surface area contributed by atoms with E-state index in [1.165, 1.54) is 0 Å². The lowest BCUT2D eigenvalue weighted by Crippen LogP contribution is -2.64. The summed E-state index contributed by atoms with van der Waals surface area (Å²) in [5, 5.41) is 20.8. The Morgan fingerprint density at radius 3 is 2.45 bits per heavy atom.